The Kier molecular flexibility index (Phi) is 10.2. The summed E-state index contributed by atoms with van der Waals surface area (Å²) in [6.07, 6.45) is -21.9. The van der Waals surface area contributed by atoms with Crippen molar-refractivity contribution in [2.24, 2.45) is 0 Å². The Morgan fingerprint density at radius 2 is 0.685 bits per heavy atom. The molecule has 0 fully saturated rings. The van der Waals surface area contributed by atoms with Gasteiger partial charge in [-0.3, -0.25) is 28.3 Å². The lowest BCUT2D eigenvalue weighted by molar-refractivity contribution is -0.393. The lowest BCUT2D eigenvalue weighted by atomic mass is 10.0. The number of rotatable bonds is 11. The summed E-state index contributed by atoms with van der Waals surface area (Å²) in [5, 5.41) is -7.74. The van der Waals surface area contributed by atoms with E-state index in [1.807, 2.05) is 0 Å². The average molecular weight is 906 g/mol. The molecule has 0 bridgehead atoms. The summed E-state index contributed by atoms with van der Waals surface area (Å²) in [4.78, 5) is 51.9. The molecule has 0 spiro atoms. The molecule has 0 saturated heterocycles. The van der Waals surface area contributed by atoms with Gasteiger partial charge in [-0.15, -0.1) is 0 Å². The van der Waals surface area contributed by atoms with Crippen LogP contribution < -0.4 is 27.6 Å². The van der Waals surface area contributed by atoms with Crippen LogP contribution in [0.25, 0.3) is 21.5 Å². The van der Waals surface area contributed by atoms with Gasteiger partial charge >= 0.3 is 60.0 Å². The smallest absolute Gasteiger partial charge is 0.377 e. The van der Waals surface area contributed by atoms with E-state index < -0.39 is 143 Å². The van der Waals surface area contributed by atoms with Crippen LogP contribution in [0.4, 0.5) is 107 Å². The molecule has 0 radical (unpaired) electrons. The van der Waals surface area contributed by atoms with E-state index in [1.54, 1.807) is 0 Å². The first-order chi connectivity index (χ1) is 23.6. The van der Waals surface area contributed by atoms with Gasteiger partial charge in [0.15, 0.2) is 0 Å². The fourth-order valence-corrected chi connectivity index (χ4v) is 5.20. The van der Waals surface area contributed by atoms with Crippen LogP contribution in [-0.2, 0) is 13.1 Å². The van der Waals surface area contributed by atoms with Crippen molar-refractivity contribution in [1.82, 2.24) is 9.13 Å². The number of hydrogen-bond acceptors (Lipinski definition) is 5. The molecular weight excluding hydrogens is 899 g/mol. The Morgan fingerprint density at radius 1 is 0.407 bits per heavy atom. The van der Waals surface area contributed by atoms with E-state index in [2.05, 4.69) is 15.9 Å². The van der Waals surface area contributed by atoms with Gasteiger partial charge in [-0.05, 0) is 15.9 Å². The number of benzene rings is 1. The Labute approximate surface area is 284 Å². The molecule has 3 aromatic rings. The summed E-state index contributed by atoms with van der Waals surface area (Å²) in [6, 6.07) is 0. The maximum Gasteiger partial charge on any atom is 0.460 e. The predicted molar refractivity (Wildman–Crippen MR) is 134 cm³/mol. The summed E-state index contributed by atoms with van der Waals surface area (Å²) in [7, 11) is 0. The number of nitrogens with zero attached hydrogens (tertiary/aromatic N) is 2. The molecule has 306 valence electrons. The van der Waals surface area contributed by atoms with Gasteiger partial charge in [0.25, 0.3) is 22.2 Å². The highest BCUT2D eigenvalue weighted by molar-refractivity contribution is 9.10. The number of halogens is 24. The lowest BCUT2D eigenvalue weighted by Crippen LogP contribution is -2.62. The second-order valence-corrected chi connectivity index (χ2v) is 11.6. The molecule has 0 saturated carbocycles. The maximum atomic E-state index is 14.4. The van der Waals surface area contributed by atoms with Gasteiger partial charge in [-0.2, -0.15) is 101 Å². The molecule has 0 aliphatic rings. The molecule has 0 aliphatic heterocycles. The van der Waals surface area contributed by atoms with Crippen molar-refractivity contribution < 1.29 is 101 Å². The van der Waals surface area contributed by atoms with Crippen LogP contribution in [0.3, 0.4) is 0 Å². The van der Waals surface area contributed by atoms with Crippen LogP contribution in [0.2, 0.25) is 0 Å². The van der Waals surface area contributed by atoms with E-state index in [4.69, 9.17) is 0 Å². The highest BCUT2D eigenvalue weighted by atomic mass is 79.9. The van der Waals surface area contributed by atoms with E-state index in [9.17, 15) is 120 Å². The van der Waals surface area contributed by atoms with Gasteiger partial charge < -0.3 is 5.32 Å². The Morgan fingerprint density at radius 3 is 0.963 bits per heavy atom. The van der Waals surface area contributed by atoms with Gasteiger partial charge in [0.1, 0.15) is 0 Å². The number of fused-ring (bicyclic) bond motifs is 2. The molecule has 2 heterocycles. The van der Waals surface area contributed by atoms with Crippen LogP contribution in [0.5, 0.6) is 0 Å². The first-order valence-electron chi connectivity index (χ1n) is 12.8. The molecule has 54 heavy (non-hydrogen) atoms. The minimum atomic E-state index is -7.70. The third-order valence-electron chi connectivity index (χ3n) is 7.32. The minimum Gasteiger partial charge on any atom is -0.377 e. The van der Waals surface area contributed by atoms with Crippen molar-refractivity contribution in [3.63, 3.8) is 0 Å². The van der Waals surface area contributed by atoms with E-state index in [-0.39, 0.29) is 0 Å². The van der Waals surface area contributed by atoms with Gasteiger partial charge in [0.05, 0.1) is 46.9 Å². The lowest BCUT2D eigenvalue weighted by Gasteiger charge is -2.33. The molecule has 1 N–H and O–H groups in total. The van der Waals surface area contributed by atoms with Crippen LogP contribution in [0, 0.1) is 0 Å². The zero-order chi connectivity index (χ0) is 42.8. The molecule has 0 amide bonds. The monoisotopic (exact) mass is 905 g/mol. The van der Waals surface area contributed by atoms with Gasteiger partial charge in [-0.1, -0.05) is 0 Å². The highest BCUT2D eigenvalue weighted by Gasteiger charge is 2.81. The van der Waals surface area contributed by atoms with Crippen molar-refractivity contribution in [1.29, 1.82) is 0 Å². The standard InChI is InChI=1S/C23H7BrF23N3O4/c24-8-4-6(12(53)49(10(4)51)2-15(27,28)18(33,34)21(39,40)41)9(48-1-14(25,26)17(31,32)20(37,38)23(45,46)47)7-5(8)11(52)50(13(7)54)3-16(29,30)19(35,36)22(42,43)44/h48H,1-3H2. The van der Waals surface area contributed by atoms with E-state index >= 15 is 0 Å². The number of hydrogen-bond donors (Lipinski definition) is 1. The first kappa shape index (κ1) is 44.6. The van der Waals surface area contributed by atoms with Crippen molar-refractivity contribution in [2.75, 3.05) is 11.9 Å². The normalized spacial score (nSPS) is 15.2. The summed E-state index contributed by atoms with van der Waals surface area (Å²) in [6.45, 7) is -10.3. The zero-order valence-corrected chi connectivity index (χ0v) is 25.8. The van der Waals surface area contributed by atoms with Gasteiger partial charge in [0, 0.05) is 4.47 Å². The number of anilines is 1. The fraction of sp³-hybridized carbons (Fsp3) is 0.565. The summed E-state index contributed by atoms with van der Waals surface area (Å²) < 4.78 is 304. The topological polar surface area (TPSA) is 90.2 Å². The third kappa shape index (κ3) is 6.23. The Bertz CT molecular complexity index is 2060. The number of aromatic nitrogens is 2. The highest BCUT2D eigenvalue weighted by Crippen LogP contribution is 2.53. The van der Waals surface area contributed by atoms with Crippen molar-refractivity contribution in [2.45, 2.75) is 73.1 Å². The maximum absolute atomic E-state index is 14.4. The molecule has 3 rings (SSSR count). The van der Waals surface area contributed by atoms with Crippen LogP contribution >= 0.6 is 15.9 Å². The zero-order valence-electron chi connectivity index (χ0n) is 24.2. The first-order valence-corrected chi connectivity index (χ1v) is 13.6. The van der Waals surface area contributed by atoms with Crippen LogP contribution in [0.1, 0.15) is 0 Å². The van der Waals surface area contributed by atoms with Crippen LogP contribution in [0.15, 0.2) is 23.7 Å². The van der Waals surface area contributed by atoms with E-state index in [0.717, 1.165) is 0 Å². The Hall–Kier alpha value is -3.83. The van der Waals surface area contributed by atoms with Crippen molar-refractivity contribution >= 4 is 43.2 Å². The molecule has 31 heteroatoms. The van der Waals surface area contributed by atoms with Crippen molar-refractivity contribution in [3.05, 3.63) is 45.9 Å². The average Bonchev–Trinajstić information content (AvgIpc) is 3.35. The molecule has 7 nitrogen and oxygen atoms in total. The minimum absolute atomic E-state index is 0.638. The molecule has 0 atom stereocenters. The Balaban J connectivity index is 2.51. The SMILES string of the molecule is O=c1c2c(Br)c3c(=O)n(CC(F)(F)C(F)(F)C(F)(F)F)c(=O)c3c(NCC(F)(F)C(F)(F)C(F)(F)C(F)(F)F)c2c(=O)n1CC(F)(F)C(F)(F)C(F)(F)F. The van der Waals surface area contributed by atoms with E-state index in [1.165, 1.54) is 0 Å². The summed E-state index contributed by atoms with van der Waals surface area (Å²) in [5.41, 5.74) is -13.3. The predicted octanol–water partition coefficient (Wildman–Crippen LogP) is 7.22. The van der Waals surface area contributed by atoms with Crippen molar-refractivity contribution in [3.8, 4) is 0 Å². The van der Waals surface area contributed by atoms with Gasteiger partial charge in [-0.25, -0.2) is 0 Å². The largest absolute Gasteiger partial charge is 0.460 e. The number of alkyl halides is 23. The third-order valence-corrected chi connectivity index (χ3v) is 8.11. The summed E-state index contributed by atoms with van der Waals surface area (Å²) >= 11 is 2.13. The summed E-state index contributed by atoms with van der Waals surface area (Å²) in [5.74, 6) is -49.7. The van der Waals surface area contributed by atoms with Gasteiger partial charge in [0.2, 0.25) is 0 Å². The molecule has 0 aliphatic carbocycles. The van der Waals surface area contributed by atoms with E-state index in [0.29, 0.717) is 5.32 Å². The number of nitrogens with one attached hydrogen (secondary N) is 1. The quantitative estimate of drug-likeness (QED) is 0.206. The fourth-order valence-electron chi connectivity index (χ4n) is 4.47. The molecular formula is C23H7BrF23N3O4. The van der Waals surface area contributed by atoms with Crippen LogP contribution in [-0.4, -0.2) is 75.7 Å². The second-order valence-electron chi connectivity index (χ2n) is 10.8. The molecule has 0 unspecified atom stereocenters. The molecule has 1 aromatic carbocycles. The molecule has 2 aromatic heterocycles. The second kappa shape index (κ2) is 12.3.